The first-order valence-corrected chi connectivity index (χ1v) is 15.8. The van der Waals surface area contributed by atoms with Crippen molar-refractivity contribution in [2.24, 2.45) is 5.92 Å². The fourth-order valence-corrected chi connectivity index (χ4v) is 5.86. The smallest absolute Gasteiger partial charge is 0.306 e. The van der Waals surface area contributed by atoms with Gasteiger partial charge in [0.05, 0.1) is 30.3 Å². The molecule has 3 amide bonds. The fraction of sp³-hybridized carbons (Fsp3) is 0.400. The lowest BCUT2D eigenvalue weighted by Gasteiger charge is -2.12. The highest BCUT2D eigenvalue weighted by Crippen LogP contribution is 2.45. The van der Waals surface area contributed by atoms with Crippen LogP contribution in [0.4, 0.5) is 4.39 Å². The molecule has 1 aliphatic rings. The third kappa shape index (κ3) is 8.41. The Hall–Kier alpha value is -4.30. The highest BCUT2D eigenvalue weighted by molar-refractivity contribution is 7.88. The number of halogens is 1. The predicted molar refractivity (Wildman–Crippen MR) is 160 cm³/mol. The Kier molecular flexibility index (Phi) is 10.4. The highest BCUT2D eigenvalue weighted by Gasteiger charge is 2.31. The Labute approximate surface area is 253 Å². The van der Waals surface area contributed by atoms with Crippen molar-refractivity contribution in [3.8, 4) is 11.3 Å². The van der Waals surface area contributed by atoms with E-state index >= 15 is 0 Å². The summed E-state index contributed by atoms with van der Waals surface area (Å²) < 4.78 is 47.8. The maximum atomic E-state index is 13.6. The van der Waals surface area contributed by atoms with Crippen molar-refractivity contribution in [3.63, 3.8) is 0 Å². The molecule has 1 aromatic heterocycles. The summed E-state index contributed by atoms with van der Waals surface area (Å²) in [5.74, 6) is -3.58. The van der Waals surface area contributed by atoms with E-state index in [1.165, 1.54) is 31.3 Å². The largest absolute Gasteiger partial charge is 0.481 e. The van der Waals surface area contributed by atoms with Crippen LogP contribution in [0.15, 0.2) is 40.8 Å². The molecule has 0 aliphatic heterocycles. The number of nitrogens with one attached hydrogen (secondary N) is 4. The lowest BCUT2D eigenvalue weighted by molar-refractivity contribution is -0.141. The SMILES string of the molecule is CNC(=O)c1c(-c2ccc(F)cc2)oc2cc(CS(=O)(=O)NCC(=O)NCC(=O)NCCCC(C)C(=O)O)c(C3CC3)cc12. The first-order chi connectivity index (χ1) is 20.9. The second kappa shape index (κ2) is 14.0. The van der Waals surface area contributed by atoms with Crippen LogP contribution in [0.3, 0.4) is 0 Å². The van der Waals surface area contributed by atoms with E-state index in [-0.39, 0.29) is 30.3 Å². The summed E-state index contributed by atoms with van der Waals surface area (Å²) in [6, 6.07) is 8.85. The van der Waals surface area contributed by atoms with Crippen molar-refractivity contribution in [2.75, 3.05) is 26.7 Å². The monoisotopic (exact) mass is 630 g/mol. The number of rotatable bonds is 15. The van der Waals surface area contributed by atoms with Gasteiger partial charge in [0.1, 0.15) is 17.2 Å². The van der Waals surface area contributed by atoms with Gasteiger partial charge in [-0.25, -0.2) is 17.5 Å². The highest BCUT2D eigenvalue weighted by atomic mass is 32.2. The maximum absolute atomic E-state index is 13.6. The number of carbonyl (C=O) groups is 4. The van der Waals surface area contributed by atoms with Gasteiger partial charge in [0.2, 0.25) is 21.8 Å². The second-order valence-electron chi connectivity index (χ2n) is 10.8. The normalized spacial score (nSPS) is 13.8. The second-order valence-corrected chi connectivity index (χ2v) is 12.6. The van der Waals surface area contributed by atoms with Gasteiger partial charge in [-0.3, -0.25) is 19.2 Å². The molecule has 0 bridgehead atoms. The summed E-state index contributed by atoms with van der Waals surface area (Å²) in [5, 5.41) is 16.9. The van der Waals surface area contributed by atoms with Gasteiger partial charge < -0.3 is 25.5 Å². The van der Waals surface area contributed by atoms with Crippen LogP contribution in [0.25, 0.3) is 22.3 Å². The van der Waals surface area contributed by atoms with Gasteiger partial charge in [-0.05, 0) is 79.1 Å². The maximum Gasteiger partial charge on any atom is 0.306 e. The van der Waals surface area contributed by atoms with Crippen molar-refractivity contribution in [1.82, 2.24) is 20.7 Å². The van der Waals surface area contributed by atoms with Gasteiger partial charge in [0.15, 0.2) is 0 Å². The number of hydrogen-bond donors (Lipinski definition) is 5. The Morgan fingerprint density at radius 2 is 1.73 bits per heavy atom. The molecule has 236 valence electrons. The van der Waals surface area contributed by atoms with Crippen molar-refractivity contribution in [3.05, 3.63) is 58.9 Å². The quantitative estimate of drug-likeness (QED) is 0.159. The van der Waals surface area contributed by atoms with E-state index in [1.54, 1.807) is 19.1 Å². The summed E-state index contributed by atoms with van der Waals surface area (Å²) in [6.07, 6.45) is 2.56. The standard InChI is InChI=1S/C30H35FN4O8S/c1-17(30(39)40)4-3-11-33-25(36)14-34-26(37)15-35-44(41,42)16-20-12-24-23(13-22(20)18-5-6-18)27(29(38)32-2)28(43-24)19-7-9-21(31)10-8-19/h7-10,12-13,17-18,35H,3-6,11,14-16H2,1-2H3,(H,32,38)(H,33,36)(H,34,37)(H,39,40). The van der Waals surface area contributed by atoms with Gasteiger partial charge in [-0.2, -0.15) is 0 Å². The van der Waals surface area contributed by atoms with Crippen LogP contribution >= 0.6 is 0 Å². The van der Waals surface area contributed by atoms with E-state index in [1.807, 2.05) is 0 Å². The molecule has 4 rings (SSSR count). The molecule has 12 nitrogen and oxygen atoms in total. The van der Waals surface area contributed by atoms with Crippen molar-refractivity contribution >= 4 is 44.7 Å². The predicted octanol–water partition coefficient (Wildman–Crippen LogP) is 2.63. The van der Waals surface area contributed by atoms with Gasteiger partial charge in [0, 0.05) is 24.5 Å². The molecule has 1 unspecified atom stereocenters. The molecule has 1 atom stereocenters. The number of carboxylic acids is 1. The van der Waals surface area contributed by atoms with Crippen LogP contribution < -0.4 is 20.7 Å². The van der Waals surface area contributed by atoms with Crippen molar-refractivity contribution in [1.29, 1.82) is 0 Å². The number of amides is 3. The number of carbonyl (C=O) groups excluding carboxylic acids is 3. The molecule has 5 N–H and O–H groups in total. The third-order valence-electron chi connectivity index (χ3n) is 7.33. The van der Waals surface area contributed by atoms with Gasteiger partial charge in [-0.1, -0.05) is 6.92 Å². The van der Waals surface area contributed by atoms with Crippen LogP contribution in [-0.4, -0.2) is 63.9 Å². The average molecular weight is 631 g/mol. The van der Waals surface area contributed by atoms with Crippen molar-refractivity contribution in [2.45, 2.75) is 44.3 Å². The first-order valence-electron chi connectivity index (χ1n) is 14.2. The Morgan fingerprint density at radius 1 is 1.05 bits per heavy atom. The van der Waals surface area contributed by atoms with Crippen LogP contribution in [-0.2, 0) is 30.2 Å². The van der Waals surface area contributed by atoms with E-state index < -0.39 is 57.7 Å². The molecule has 44 heavy (non-hydrogen) atoms. The van der Waals surface area contributed by atoms with Crippen molar-refractivity contribution < 1.29 is 41.5 Å². The fourth-order valence-electron chi connectivity index (χ4n) is 4.75. The molecule has 14 heteroatoms. The number of sulfonamides is 1. The number of hydrogen-bond acceptors (Lipinski definition) is 7. The van der Waals surface area contributed by atoms with Crippen LogP contribution in [0.1, 0.15) is 60.0 Å². The summed E-state index contributed by atoms with van der Waals surface area (Å²) in [5.41, 5.74) is 2.26. The molecule has 1 heterocycles. The molecule has 0 radical (unpaired) electrons. The van der Waals surface area contributed by atoms with E-state index in [4.69, 9.17) is 9.52 Å². The van der Waals surface area contributed by atoms with Gasteiger partial charge in [-0.15, -0.1) is 0 Å². The minimum atomic E-state index is -4.00. The number of furan rings is 1. The minimum absolute atomic E-state index is 0.112. The van der Waals surface area contributed by atoms with Gasteiger partial charge >= 0.3 is 5.97 Å². The average Bonchev–Trinajstić information content (AvgIpc) is 3.77. The number of aliphatic carboxylic acids is 1. The van der Waals surface area contributed by atoms with Gasteiger partial charge in [0.25, 0.3) is 5.91 Å². The van der Waals surface area contributed by atoms with E-state index in [2.05, 4.69) is 20.7 Å². The minimum Gasteiger partial charge on any atom is -0.481 e. The van der Waals surface area contributed by atoms with E-state index in [9.17, 15) is 32.0 Å². The summed E-state index contributed by atoms with van der Waals surface area (Å²) in [4.78, 5) is 47.9. The zero-order valence-corrected chi connectivity index (χ0v) is 25.2. The number of fused-ring (bicyclic) bond motifs is 1. The Balaban J connectivity index is 1.42. The molecular formula is C30H35FN4O8S. The van der Waals surface area contributed by atoms with Crippen LogP contribution in [0, 0.1) is 11.7 Å². The summed E-state index contributed by atoms with van der Waals surface area (Å²) in [7, 11) is -2.52. The molecule has 1 fully saturated rings. The van der Waals surface area contributed by atoms with E-state index in [0.717, 1.165) is 18.4 Å². The molecule has 0 saturated heterocycles. The molecule has 2 aromatic carbocycles. The van der Waals surface area contributed by atoms with E-state index in [0.29, 0.717) is 34.9 Å². The summed E-state index contributed by atoms with van der Waals surface area (Å²) in [6.45, 7) is 0.879. The zero-order valence-electron chi connectivity index (χ0n) is 24.4. The Bertz CT molecular complexity index is 1670. The Morgan fingerprint density at radius 3 is 2.36 bits per heavy atom. The lowest BCUT2D eigenvalue weighted by atomic mass is 9.98. The zero-order chi connectivity index (χ0) is 32.0. The molecule has 0 spiro atoms. The van der Waals surface area contributed by atoms with Crippen LogP contribution in [0.2, 0.25) is 0 Å². The summed E-state index contributed by atoms with van der Waals surface area (Å²) >= 11 is 0. The molecule has 1 aliphatic carbocycles. The molecule has 3 aromatic rings. The third-order valence-corrected chi connectivity index (χ3v) is 8.60. The first kappa shape index (κ1) is 32.6. The number of benzene rings is 2. The topological polar surface area (TPSA) is 184 Å². The lowest BCUT2D eigenvalue weighted by Crippen LogP contribution is -2.42. The molecular weight excluding hydrogens is 595 g/mol. The molecule has 1 saturated carbocycles. The number of carboxylic acid groups (broad SMARTS) is 1. The van der Waals surface area contributed by atoms with Crippen LogP contribution in [0.5, 0.6) is 0 Å².